The second kappa shape index (κ2) is 20.5. The van der Waals surface area contributed by atoms with Crippen molar-refractivity contribution in [3.63, 3.8) is 0 Å². The number of hydrogen-bond acceptors (Lipinski definition) is 2. The maximum Gasteiger partial charge on any atom is 0.00878 e. The predicted molar refractivity (Wildman–Crippen MR) is 103 cm³/mol. The quantitative estimate of drug-likeness (QED) is 0.317. The molecule has 0 amide bonds. The molecule has 4 radical (unpaired) electrons. The Bertz CT molecular complexity index is 385. The van der Waals surface area contributed by atoms with E-state index in [0.29, 0.717) is 0 Å². The molecule has 0 aliphatic heterocycles. The van der Waals surface area contributed by atoms with Crippen molar-refractivity contribution in [3.8, 4) is 0 Å². The summed E-state index contributed by atoms with van der Waals surface area (Å²) in [6, 6.07) is 36.0. The van der Waals surface area contributed by atoms with Gasteiger partial charge in [-0.1, -0.05) is 109 Å². The average Bonchev–Trinajstić information content (AvgIpc) is 2.60. The van der Waals surface area contributed by atoms with E-state index in [1.54, 1.807) is 0 Å². The molecule has 0 bridgehead atoms. The van der Waals surface area contributed by atoms with Gasteiger partial charge in [-0.25, -0.2) is 0 Å². The first-order chi connectivity index (χ1) is 10.7. The first-order valence-electron chi connectivity index (χ1n) is 6.91. The summed E-state index contributed by atoms with van der Waals surface area (Å²) < 4.78 is 0. The molecule has 0 atom stereocenters. The summed E-state index contributed by atoms with van der Waals surface area (Å²) in [5.41, 5.74) is 0. The molecule has 0 N–H and O–H groups in total. The molecule has 0 saturated heterocycles. The number of carbonyl (C=O) groups excluding carboxylic acids is 1. The van der Waals surface area contributed by atoms with Gasteiger partial charge >= 0.3 is 0 Å². The van der Waals surface area contributed by atoms with Gasteiger partial charge in [-0.15, -0.1) is 0 Å². The Balaban J connectivity index is 0. The molecule has 0 heterocycles. The summed E-state index contributed by atoms with van der Waals surface area (Å²) in [6.45, 7) is 1.34. The zero-order valence-corrected chi connectivity index (χ0v) is 17.9. The van der Waals surface area contributed by atoms with Crippen LogP contribution in [0.25, 0.3) is 0 Å². The van der Waals surface area contributed by atoms with Crippen LogP contribution in [0.2, 0.25) is 0 Å². The molecule has 3 rings (SSSR count). The van der Waals surface area contributed by atoms with Gasteiger partial charge in [0.2, 0.25) is 0 Å². The average molecular weight is 517 g/mol. The Hall–Kier alpha value is -1.53. The molecule has 0 spiro atoms. The maximum atomic E-state index is 9.26. The molecule has 0 aromatic heterocycles. The Morgan fingerprint density at radius 2 is 0.522 bits per heavy atom. The summed E-state index contributed by atoms with van der Waals surface area (Å²) in [4.78, 5) is 9.26. The fourth-order valence-corrected chi connectivity index (χ4v) is 1.15. The van der Waals surface area contributed by atoms with Crippen LogP contribution in [0, 0.1) is 0 Å². The fourth-order valence-electron chi connectivity index (χ4n) is 1.15. The Morgan fingerprint density at radius 1 is 0.478 bits per heavy atom. The third kappa shape index (κ3) is 25.7. The van der Waals surface area contributed by atoms with Gasteiger partial charge in [-0.05, 0) is 6.92 Å². The van der Waals surface area contributed by atoms with Crippen molar-refractivity contribution in [2.24, 2.45) is 0 Å². The second-order valence-corrected chi connectivity index (χ2v) is 4.53. The van der Waals surface area contributed by atoms with Crippen LogP contribution in [0.5, 0.6) is 0 Å². The standard InChI is InChI=1S/3C6H6.C2H4OS.Pb/c3*1-2-4-6-5-3-1;1-2(3)4;/h3*1-6H;1H3,(H,3,4);/p-1. The molecule has 1 nitrogen and oxygen atoms in total. The molecular formula is C20H21OPbS-. The number of benzene rings is 3. The molecular weight excluding hydrogens is 495 g/mol. The normalized spacial score (nSPS) is 7.35. The molecule has 3 aromatic carbocycles. The van der Waals surface area contributed by atoms with E-state index in [9.17, 15) is 4.79 Å². The van der Waals surface area contributed by atoms with Crippen LogP contribution in [-0.4, -0.2) is 32.4 Å². The van der Waals surface area contributed by atoms with Gasteiger partial charge in [0.05, 0.1) is 0 Å². The molecule has 118 valence electrons. The fraction of sp³-hybridized carbons (Fsp3) is 0.0500. The van der Waals surface area contributed by atoms with Gasteiger partial charge in [-0.3, -0.25) is 0 Å². The van der Waals surface area contributed by atoms with E-state index in [2.05, 4.69) is 12.6 Å². The minimum atomic E-state index is -0.250. The maximum absolute atomic E-state index is 9.26. The zero-order valence-electron chi connectivity index (χ0n) is 13.2. The third-order valence-electron chi connectivity index (χ3n) is 2.00. The molecule has 0 saturated carbocycles. The molecule has 23 heavy (non-hydrogen) atoms. The van der Waals surface area contributed by atoms with E-state index in [1.165, 1.54) is 6.92 Å². The van der Waals surface area contributed by atoms with E-state index >= 15 is 0 Å². The van der Waals surface area contributed by atoms with E-state index in [4.69, 9.17) is 0 Å². The topological polar surface area (TPSA) is 17.1 Å². The number of carbonyl (C=O) groups is 1. The van der Waals surface area contributed by atoms with Gasteiger partial charge in [-0.2, -0.15) is 0 Å². The van der Waals surface area contributed by atoms with Crippen LogP contribution in [0.15, 0.2) is 109 Å². The van der Waals surface area contributed by atoms with E-state index in [0.717, 1.165) is 0 Å². The van der Waals surface area contributed by atoms with E-state index in [1.807, 2.05) is 109 Å². The summed E-state index contributed by atoms with van der Waals surface area (Å²) in [5.74, 6) is 0. The van der Waals surface area contributed by atoms with Crippen molar-refractivity contribution in [1.29, 1.82) is 0 Å². The van der Waals surface area contributed by atoms with Crippen molar-refractivity contribution in [2.75, 3.05) is 0 Å². The Morgan fingerprint density at radius 3 is 0.565 bits per heavy atom. The van der Waals surface area contributed by atoms with Crippen LogP contribution in [0.1, 0.15) is 6.92 Å². The molecule has 0 fully saturated rings. The second-order valence-electron chi connectivity index (χ2n) is 3.96. The summed E-state index contributed by atoms with van der Waals surface area (Å²) in [6.07, 6.45) is 0. The largest absolute Gasteiger partial charge is 0.742 e. The summed E-state index contributed by atoms with van der Waals surface area (Å²) in [5, 5.41) is -0.250. The minimum Gasteiger partial charge on any atom is -0.742 e. The molecule has 3 aromatic rings. The smallest absolute Gasteiger partial charge is 0.00878 e. The number of rotatable bonds is 0. The van der Waals surface area contributed by atoms with Crippen LogP contribution in [-0.2, 0) is 17.4 Å². The van der Waals surface area contributed by atoms with Gasteiger partial charge in [0.1, 0.15) is 0 Å². The SMILES string of the molecule is CC(=O)[S-].[Pb].c1ccccc1.c1ccccc1.c1ccccc1. The van der Waals surface area contributed by atoms with Crippen LogP contribution in [0.3, 0.4) is 0 Å². The van der Waals surface area contributed by atoms with Crippen LogP contribution in [0.4, 0.5) is 0 Å². The van der Waals surface area contributed by atoms with E-state index in [-0.39, 0.29) is 32.4 Å². The number of hydrogen-bond donors (Lipinski definition) is 0. The molecule has 3 heteroatoms. The molecule has 0 aliphatic carbocycles. The Labute approximate surface area is 165 Å². The molecule has 0 aliphatic rings. The molecule has 0 unspecified atom stereocenters. The monoisotopic (exact) mass is 517 g/mol. The van der Waals surface area contributed by atoms with Crippen molar-refractivity contribution in [3.05, 3.63) is 109 Å². The van der Waals surface area contributed by atoms with Crippen LogP contribution < -0.4 is 0 Å². The first kappa shape index (κ1) is 23.7. The summed E-state index contributed by atoms with van der Waals surface area (Å²) in [7, 11) is 0. The van der Waals surface area contributed by atoms with Crippen molar-refractivity contribution >= 4 is 45.0 Å². The van der Waals surface area contributed by atoms with Gasteiger partial charge < -0.3 is 17.4 Å². The predicted octanol–water partition coefficient (Wildman–Crippen LogP) is 4.76. The van der Waals surface area contributed by atoms with Crippen molar-refractivity contribution in [1.82, 2.24) is 0 Å². The third-order valence-corrected chi connectivity index (χ3v) is 2.00. The Kier molecular flexibility index (Phi) is 21.1. The van der Waals surface area contributed by atoms with Crippen LogP contribution >= 0.6 is 0 Å². The van der Waals surface area contributed by atoms with Gasteiger partial charge in [0.25, 0.3) is 0 Å². The first-order valence-corrected chi connectivity index (χ1v) is 7.32. The zero-order chi connectivity index (χ0) is 16.3. The van der Waals surface area contributed by atoms with Crippen molar-refractivity contribution < 1.29 is 4.79 Å². The van der Waals surface area contributed by atoms with Gasteiger partial charge in [0, 0.05) is 32.4 Å². The summed E-state index contributed by atoms with van der Waals surface area (Å²) >= 11 is 3.98. The minimum absolute atomic E-state index is 0. The van der Waals surface area contributed by atoms with E-state index < -0.39 is 0 Å². The van der Waals surface area contributed by atoms with Crippen molar-refractivity contribution in [2.45, 2.75) is 6.92 Å². The van der Waals surface area contributed by atoms with Gasteiger partial charge in [0.15, 0.2) is 0 Å².